The molecular weight excluding hydrogens is 390 g/mol. The molecule has 0 bridgehead atoms. The quantitative estimate of drug-likeness (QED) is 0.736. The van der Waals surface area contributed by atoms with Gasteiger partial charge in [-0.2, -0.15) is 0 Å². The molecule has 0 spiro atoms. The van der Waals surface area contributed by atoms with Gasteiger partial charge in [0, 0.05) is 43.6 Å². The third-order valence-electron chi connectivity index (χ3n) is 6.61. The van der Waals surface area contributed by atoms with E-state index in [1.807, 2.05) is 43.9 Å². The zero-order valence-electron chi connectivity index (χ0n) is 17.6. The Labute approximate surface area is 179 Å². The predicted molar refractivity (Wildman–Crippen MR) is 116 cm³/mol. The summed E-state index contributed by atoms with van der Waals surface area (Å²) in [6, 6.07) is 9.20. The second-order valence-corrected chi connectivity index (χ2v) is 8.68. The maximum absolute atomic E-state index is 13.2. The number of nitrogens with two attached hydrogens (primary N) is 1. The van der Waals surface area contributed by atoms with Crippen LogP contribution in [0.15, 0.2) is 30.3 Å². The Kier molecular flexibility index (Phi) is 7.71. The van der Waals surface area contributed by atoms with Gasteiger partial charge < -0.3 is 20.7 Å². The number of likely N-dealkylation sites (tertiary alicyclic amines) is 1. The monoisotopic (exact) mass is 423 g/mol. The van der Waals surface area contributed by atoms with Gasteiger partial charge in [-0.15, -0.1) is 12.4 Å². The number of ether oxygens (including phenoxy) is 1. The molecule has 3 atom stereocenters. The molecule has 162 valence electrons. The summed E-state index contributed by atoms with van der Waals surface area (Å²) in [6.45, 7) is 8.59. The van der Waals surface area contributed by atoms with Crippen molar-refractivity contribution in [1.82, 2.24) is 10.2 Å². The highest BCUT2D eigenvalue weighted by Gasteiger charge is 2.63. The molecule has 6 nitrogen and oxygen atoms in total. The fraction of sp³-hybridized carbons (Fsp3) is 0.636. The summed E-state index contributed by atoms with van der Waals surface area (Å²) < 4.78 is 5.76. The largest absolute Gasteiger partial charge is 0.378 e. The SMILES string of the molecule is CCOC1CC(N)(C(=O)N2CCCC(CNC(=O)c3ccccc3)C2)C1(C)C.Cl. The van der Waals surface area contributed by atoms with Gasteiger partial charge in [-0.1, -0.05) is 32.0 Å². The summed E-state index contributed by atoms with van der Waals surface area (Å²) in [5, 5.41) is 3.01. The van der Waals surface area contributed by atoms with Gasteiger partial charge in [-0.05, 0) is 37.8 Å². The van der Waals surface area contributed by atoms with Crippen LogP contribution in [0.3, 0.4) is 0 Å². The van der Waals surface area contributed by atoms with Gasteiger partial charge in [0.05, 0.1) is 6.10 Å². The molecule has 29 heavy (non-hydrogen) atoms. The molecule has 2 amide bonds. The molecule has 0 radical (unpaired) electrons. The molecule has 2 aliphatic rings. The average molecular weight is 424 g/mol. The minimum Gasteiger partial charge on any atom is -0.378 e. The molecule has 3 rings (SSSR count). The standard InChI is InChI=1S/C22H33N3O3.ClH/c1-4-28-18-13-22(23,21(18,2)3)20(27)25-12-8-9-16(15-25)14-24-19(26)17-10-6-5-7-11-17;/h5-7,10-11,16,18H,4,8-9,12-15,23H2,1-3H3,(H,24,26);1H. The van der Waals surface area contributed by atoms with Crippen molar-refractivity contribution in [3.63, 3.8) is 0 Å². The van der Waals surface area contributed by atoms with Crippen LogP contribution >= 0.6 is 12.4 Å². The Bertz CT molecular complexity index is 713. The Morgan fingerprint density at radius 3 is 2.59 bits per heavy atom. The number of hydrogen-bond donors (Lipinski definition) is 2. The fourth-order valence-corrected chi connectivity index (χ4v) is 4.43. The van der Waals surface area contributed by atoms with E-state index < -0.39 is 5.54 Å². The minimum absolute atomic E-state index is 0. The molecule has 3 N–H and O–H groups in total. The Hall–Kier alpha value is -1.63. The van der Waals surface area contributed by atoms with E-state index in [0.717, 1.165) is 19.4 Å². The van der Waals surface area contributed by atoms with Crippen LogP contribution in [0.1, 0.15) is 50.4 Å². The van der Waals surface area contributed by atoms with Gasteiger partial charge in [-0.3, -0.25) is 9.59 Å². The normalized spacial score (nSPS) is 28.1. The molecule has 7 heteroatoms. The lowest BCUT2D eigenvalue weighted by Gasteiger charge is -2.59. The van der Waals surface area contributed by atoms with Crippen LogP contribution in [-0.2, 0) is 9.53 Å². The van der Waals surface area contributed by atoms with E-state index >= 15 is 0 Å². The first kappa shape index (κ1) is 23.6. The molecule has 1 heterocycles. The second-order valence-electron chi connectivity index (χ2n) is 8.68. The number of amides is 2. The van der Waals surface area contributed by atoms with E-state index in [1.54, 1.807) is 12.1 Å². The van der Waals surface area contributed by atoms with Crippen LogP contribution in [0, 0.1) is 11.3 Å². The van der Waals surface area contributed by atoms with Crippen LogP contribution in [0.5, 0.6) is 0 Å². The van der Waals surface area contributed by atoms with E-state index in [1.165, 1.54) is 0 Å². The molecule has 1 aliphatic heterocycles. The number of nitrogens with zero attached hydrogens (tertiary/aromatic N) is 1. The summed E-state index contributed by atoms with van der Waals surface area (Å²) in [7, 11) is 0. The molecule has 1 aromatic carbocycles. The number of benzene rings is 1. The third-order valence-corrected chi connectivity index (χ3v) is 6.61. The Morgan fingerprint density at radius 2 is 1.97 bits per heavy atom. The van der Waals surface area contributed by atoms with Crippen molar-refractivity contribution in [3.05, 3.63) is 35.9 Å². The molecule has 1 saturated heterocycles. The van der Waals surface area contributed by atoms with Crippen LogP contribution in [0.25, 0.3) is 0 Å². The van der Waals surface area contributed by atoms with Crippen molar-refractivity contribution in [2.24, 2.45) is 17.1 Å². The number of piperidine rings is 1. The fourth-order valence-electron chi connectivity index (χ4n) is 4.43. The number of halogens is 1. The highest BCUT2D eigenvalue weighted by atomic mass is 35.5. The summed E-state index contributed by atoms with van der Waals surface area (Å²) >= 11 is 0. The van der Waals surface area contributed by atoms with E-state index in [0.29, 0.717) is 31.7 Å². The van der Waals surface area contributed by atoms with Crippen molar-refractivity contribution >= 4 is 24.2 Å². The maximum Gasteiger partial charge on any atom is 0.251 e. The molecular formula is C22H34ClN3O3. The highest BCUT2D eigenvalue weighted by Crippen LogP contribution is 2.50. The lowest BCUT2D eigenvalue weighted by molar-refractivity contribution is -0.180. The lowest BCUT2D eigenvalue weighted by Crippen LogP contribution is -2.76. The van der Waals surface area contributed by atoms with E-state index in [-0.39, 0.29) is 41.7 Å². The van der Waals surface area contributed by atoms with E-state index in [9.17, 15) is 9.59 Å². The molecule has 3 unspecified atom stereocenters. The van der Waals surface area contributed by atoms with Gasteiger partial charge in [0.1, 0.15) is 5.54 Å². The smallest absolute Gasteiger partial charge is 0.251 e. The van der Waals surface area contributed by atoms with Crippen molar-refractivity contribution in [2.75, 3.05) is 26.2 Å². The molecule has 1 saturated carbocycles. The molecule has 2 fully saturated rings. The minimum atomic E-state index is -0.873. The predicted octanol–water partition coefficient (Wildman–Crippen LogP) is 2.61. The topological polar surface area (TPSA) is 84.7 Å². The van der Waals surface area contributed by atoms with Crippen LogP contribution < -0.4 is 11.1 Å². The Balaban J connectivity index is 0.00000300. The molecule has 1 aliphatic carbocycles. The molecule has 1 aromatic rings. The first-order chi connectivity index (χ1) is 13.3. The zero-order valence-corrected chi connectivity index (χ0v) is 18.5. The average Bonchev–Trinajstić information content (AvgIpc) is 2.72. The summed E-state index contributed by atoms with van der Waals surface area (Å²) in [5.74, 6) is 0.200. The number of carbonyl (C=O) groups is 2. The third kappa shape index (κ3) is 4.60. The molecule has 0 aromatic heterocycles. The van der Waals surface area contributed by atoms with Crippen LogP contribution in [0.2, 0.25) is 0 Å². The van der Waals surface area contributed by atoms with Gasteiger partial charge in [0.2, 0.25) is 5.91 Å². The van der Waals surface area contributed by atoms with Gasteiger partial charge in [0.25, 0.3) is 5.91 Å². The maximum atomic E-state index is 13.2. The van der Waals surface area contributed by atoms with E-state index in [4.69, 9.17) is 10.5 Å². The number of hydrogen-bond acceptors (Lipinski definition) is 4. The summed E-state index contributed by atoms with van der Waals surface area (Å²) in [5.41, 5.74) is 5.98. The lowest BCUT2D eigenvalue weighted by atomic mass is 9.54. The van der Waals surface area contributed by atoms with Crippen molar-refractivity contribution < 1.29 is 14.3 Å². The number of carbonyl (C=O) groups excluding carboxylic acids is 2. The number of rotatable bonds is 6. The van der Waals surface area contributed by atoms with Crippen LogP contribution in [-0.4, -0.2) is 54.6 Å². The van der Waals surface area contributed by atoms with Crippen LogP contribution in [0.4, 0.5) is 0 Å². The second kappa shape index (κ2) is 9.45. The summed E-state index contributed by atoms with van der Waals surface area (Å²) in [4.78, 5) is 27.4. The highest BCUT2D eigenvalue weighted by molar-refractivity contribution is 5.94. The summed E-state index contributed by atoms with van der Waals surface area (Å²) in [6.07, 6.45) is 2.53. The first-order valence-corrected chi connectivity index (χ1v) is 10.3. The van der Waals surface area contributed by atoms with Crippen molar-refractivity contribution in [1.29, 1.82) is 0 Å². The van der Waals surface area contributed by atoms with Crippen molar-refractivity contribution in [2.45, 2.75) is 51.7 Å². The zero-order chi connectivity index (χ0) is 20.4. The van der Waals surface area contributed by atoms with E-state index in [2.05, 4.69) is 5.32 Å². The van der Waals surface area contributed by atoms with Crippen molar-refractivity contribution in [3.8, 4) is 0 Å². The van der Waals surface area contributed by atoms with Gasteiger partial charge in [0.15, 0.2) is 0 Å². The van der Waals surface area contributed by atoms with Gasteiger partial charge in [-0.25, -0.2) is 0 Å². The number of nitrogens with one attached hydrogen (secondary N) is 1. The first-order valence-electron chi connectivity index (χ1n) is 10.3. The Morgan fingerprint density at radius 1 is 1.28 bits per heavy atom. The van der Waals surface area contributed by atoms with Gasteiger partial charge >= 0.3 is 0 Å².